The van der Waals surface area contributed by atoms with Gasteiger partial charge in [0, 0.05) is 18.8 Å². The molecular formula is C21H24N6O. The Hall–Kier alpha value is -3.19. The third-order valence-corrected chi connectivity index (χ3v) is 4.72. The van der Waals surface area contributed by atoms with E-state index in [1.165, 1.54) is 5.56 Å². The van der Waals surface area contributed by atoms with E-state index in [4.69, 9.17) is 4.74 Å². The highest BCUT2D eigenvalue weighted by Crippen LogP contribution is 2.28. The summed E-state index contributed by atoms with van der Waals surface area (Å²) in [5.41, 5.74) is 5.42. The van der Waals surface area contributed by atoms with Crippen molar-refractivity contribution < 1.29 is 4.74 Å². The summed E-state index contributed by atoms with van der Waals surface area (Å²) in [6.07, 6.45) is 1.63. The van der Waals surface area contributed by atoms with Gasteiger partial charge in [-0.05, 0) is 43.2 Å². The van der Waals surface area contributed by atoms with Crippen LogP contribution in [0.4, 0.5) is 28.8 Å². The number of benzene rings is 2. The highest BCUT2D eigenvalue weighted by Gasteiger charge is 2.15. The van der Waals surface area contributed by atoms with Gasteiger partial charge in [-0.25, -0.2) is 0 Å². The van der Waals surface area contributed by atoms with Crippen LogP contribution in [0.3, 0.4) is 0 Å². The van der Waals surface area contributed by atoms with Gasteiger partial charge in [0.25, 0.3) is 0 Å². The molecule has 1 saturated heterocycles. The molecule has 0 saturated carbocycles. The first-order valence-corrected chi connectivity index (χ1v) is 9.42. The van der Waals surface area contributed by atoms with Crippen LogP contribution in [0.5, 0.6) is 0 Å². The molecule has 0 amide bonds. The highest BCUT2D eigenvalue weighted by atomic mass is 16.5. The molecule has 7 heteroatoms. The van der Waals surface area contributed by atoms with Crippen LogP contribution in [0.15, 0.2) is 48.7 Å². The average Bonchev–Trinajstić information content (AvgIpc) is 2.72. The van der Waals surface area contributed by atoms with Gasteiger partial charge >= 0.3 is 0 Å². The van der Waals surface area contributed by atoms with Crippen molar-refractivity contribution in [2.75, 3.05) is 41.8 Å². The first kappa shape index (κ1) is 18.2. The Labute approximate surface area is 164 Å². The van der Waals surface area contributed by atoms with Crippen molar-refractivity contribution in [1.82, 2.24) is 15.2 Å². The molecule has 4 rings (SSSR count). The standard InChI is InChI=1S/C21H24N6O/c1-15-7-8-16(2)18(13-15)23-20-14-22-26-21(25-20)24-17-5-3-4-6-19(17)27-9-11-28-12-10-27/h3-8,13-14H,9-12H2,1-2H3,(H2,23,24,25,26). The van der Waals surface area contributed by atoms with Gasteiger partial charge in [-0.15, -0.1) is 5.10 Å². The maximum absolute atomic E-state index is 5.46. The van der Waals surface area contributed by atoms with Crippen LogP contribution in [-0.4, -0.2) is 41.5 Å². The molecule has 2 N–H and O–H groups in total. The van der Waals surface area contributed by atoms with Crippen LogP contribution in [0, 0.1) is 13.8 Å². The van der Waals surface area contributed by atoms with Gasteiger partial charge in [-0.3, -0.25) is 0 Å². The fourth-order valence-corrected chi connectivity index (χ4v) is 3.21. The quantitative estimate of drug-likeness (QED) is 0.701. The number of anilines is 5. The number of hydrogen-bond acceptors (Lipinski definition) is 7. The van der Waals surface area contributed by atoms with Gasteiger partial charge in [0.2, 0.25) is 5.95 Å². The smallest absolute Gasteiger partial charge is 0.249 e. The monoisotopic (exact) mass is 376 g/mol. The van der Waals surface area contributed by atoms with Crippen molar-refractivity contribution in [3.63, 3.8) is 0 Å². The highest BCUT2D eigenvalue weighted by molar-refractivity contribution is 5.74. The topological polar surface area (TPSA) is 75.2 Å². The van der Waals surface area contributed by atoms with E-state index in [9.17, 15) is 0 Å². The molecular weight excluding hydrogens is 352 g/mol. The van der Waals surface area contributed by atoms with Gasteiger partial charge in [-0.1, -0.05) is 24.3 Å². The van der Waals surface area contributed by atoms with Crippen molar-refractivity contribution in [3.05, 3.63) is 59.8 Å². The number of para-hydroxylation sites is 2. The molecule has 28 heavy (non-hydrogen) atoms. The Bertz CT molecular complexity index is 955. The molecule has 7 nitrogen and oxygen atoms in total. The lowest BCUT2D eigenvalue weighted by Gasteiger charge is -2.30. The van der Waals surface area contributed by atoms with E-state index in [1.807, 2.05) is 18.2 Å². The fraction of sp³-hybridized carbons (Fsp3) is 0.286. The molecule has 0 atom stereocenters. The largest absolute Gasteiger partial charge is 0.378 e. The van der Waals surface area contributed by atoms with E-state index in [-0.39, 0.29) is 0 Å². The number of aromatic nitrogens is 3. The Kier molecular flexibility index (Phi) is 5.34. The van der Waals surface area contributed by atoms with Gasteiger partial charge in [0.1, 0.15) is 0 Å². The molecule has 144 valence electrons. The van der Waals surface area contributed by atoms with Crippen LogP contribution >= 0.6 is 0 Å². The number of nitrogens with one attached hydrogen (secondary N) is 2. The third-order valence-electron chi connectivity index (χ3n) is 4.72. The summed E-state index contributed by atoms with van der Waals surface area (Å²) in [6.45, 7) is 7.34. The Morgan fingerprint density at radius 2 is 1.79 bits per heavy atom. The number of hydrogen-bond donors (Lipinski definition) is 2. The zero-order valence-corrected chi connectivity index (χ0v) is 16.1. The lowest BCUT2D eigenvalue weighted by molar-refractivity contribution is 0.123. The van der Waals surface area contributed by atoms with Crippen molar-refractivity contribution in [2.24, 2.45) is 0 Å². The first-order valence-electron chi connectivity index (χ1n) is 9.42. The lowest BCUT2D eigenvalue weighted by atomic mass is 10.1. The number of nitrogens with zero attached hydrogens (tertiary/aromatic N) is 4. The van der Waals surface area contributed by atoms with E-state index in [0.29, 0.717) is 11.8 Å². The Morgan fingerprint density at radius 3 is 2.64 bits per heavy atom. The van der Waals surface area contributed by atoms with Crippen molar-refractivity contribution in [1.29, 1.82) is 0 Å². The number of morpholine rings is 1. The van der Waals surface area contributed by atoms with Crippen molar-refractivity contribution in [2.45, 2.75) is 13.8 Å². The second-order valence-electron chi connectivity index (χ2n) is 6.85. The SMILES string of the molecule is Cc1ccc(C)c(Nc2cnnc(Nc3ccccc3N3CCOCC3)n2)c1. The molecule has 0 spiro atoms. The summed E-state index contributed by atoms with van der Waals surface area (Å²) in [4.78, 5) is 6.88. The summed E-state index contributed by atoms with van der Waals surface area (Å²) in [5.74, 6) is 1.10. The lowest BCUT2D eigenvalue weighted by Crippen LogP contribution is -2.36. The molecule has 2 heterocycles. The molecule has 1 fully saturated rings. The first-order chi connectivity index (χ1) is 13.7. The van der Waals surface area contributed by atoms with Crippen LogP contribution in [0.2, 0.25) is 0 Å². The minimum Gasteiger partial charge on any atom is -0.378 e. The minimum atomic E-state index is 0.455. The molecule has 0 bridgehead atoms. The van der Waals surface area contributed by atoms with Crippen LogP contribution in [-0.2, 0) is 4.74 Å². The second-order valence-corrected chi connectivity index (χ2v) is 6.85. The third kappa shape index (κ3) is 4.20. The maximum atomic E-state index is 5.46. The van der Waals surface area contributed by atoms with Crippen LogP contribution < -0.4 is 15.5 Å². The predicted octanol–water partition coefficient (Wildman–Crippen LogP) is 3.81. The molecule has 0 unspecified atom stereocenters. The molecule has 1 aromatic heterocycles. The zero-order valence-electron chi connectivity index (χ0n) is 16.1. The average molecular weight is 376 g/mol. The van der Waals surface area contributed by atoms with Crippen molar-refractivity contribution >= 4 is 28.8 Å². The molecule has 0 radical (unpaired) electrons. The Balaban J connectivity index is 1.55. The molecule has 1 aliphatic heterocycles. The summed E-state index contributed by atoms with van der Waals surface area (Å²) >= 11 is 0. The molecule has 3 aromatic rings. The summed E-state index contributed by atoms with van der Waals surface area (Å²) < 4.78 is 5.46. The van der Waals surface area contributed by atoms with Crippen molar-refractivity contribution in [3.8, 4) is 0 Å². The van der Waals surface area contributed by atoms with Gasteiger partial charge in [0.05, 0.1) is 30.8 Å². The van der Waals surface area contributed by atoms with Gasteiger partial charge in [-0.2, -0.15) is 10.1 Å². The predicted molar refractivity (Wildman–Crippen MR) is 112 cm³/mol. The van der Waals surface area contributed by atoms with E-state index < -0.39 is 0 Å². The second kappa shape index (κ2) is 8.22. The maximum Gasteiger partial charge on any atom is 0.249 e. The fourth-order valence-electron chi connectivity index (χ4n) is 3.21. The van der Waals surface area contributed by atoms with E-state index in [0.717, 1.165) is 48.9 Å². The van der Waals surface area contributed by atoms with E-state index in [1.54, 1.807) is 6.20 Å². The van der Waals surface area contributed by atoms with Gasteiger partial charge < -0.3 is 20.3 Å². The normalized spacial score (nSPS) is 14.0. The molecule has 1 aliphatic rings. The summed E-state index contributed by atoms with van der Waals surface area (Å²) in [5, 5.41) is 14.9. The van der Waals surface area contributed by atoms with Crippen LogP contribution in [0.1, 0.15) is 11.1 Å². The van der Waals surface area contributed by atoms with Crippen LogP contribution in [0.25, 0.3) is 0 Å². The van der Waals surface area contributed by atoms with E-state index in [2.05, 4.69) is 68.8 Å². The van der Waals surface area contributed by atoms with Gasteiger partial charge in [0.15, 0.2) is 5.82 Å². The van der Waals surface area contributed by atoms with E-state index >= 15 is 0 Å². The zero-order chi connectivity index (χ0) is 19.3. The number of rotatable bonds is 5. The minimum absolute atomic E-state index is 0.455. The summed E-state index contributed by atoms with van der Waals surface area (Å²) in [7, 11) is 0. The Morgan fingerprint density at radius 1 is 0.964 bits per heavy atom. The number of ether oxygens (including phenoxy) is 1. The summed E-state index contributed by atoms with van der Waals surface area (Å²) in [6, 6.07) is 14.4. The molecule has 2 aromatic carbocycles. The number of aryl methyl sites for hydroxylation is 2. The molecule has 0 aliphatic carbocycles.